The number of rotatable bonds is 1. The van der Waals surface area contributed by atoms with Crippen LogP contribution < -0.4 is 0 Å². The maximum atomic E-state index is 10.4. The normalized spacial score (nSPS) is 32.1. The van der Waals surface area contributed by atoms with E-state index in [2.05, 4.69) is 0 Å². The van der Waals surface area contributed by atoms with Crippen molar-refractivity contribution in [3.63, 3.8) is 0 Å². The van der Waals surface area contributed by atoms with Gasteiger partial charge in [-0.3, -0.25) is 4.79 Å². The van der Waals surface area contributed by atoms with E-state index >= 15 is 0 Å². The summed E-state index contributed by atoms with van der Waals surface area (Å²) in [7, 11) is 0. The number of allylic oxidation sites excluding steroid dienone is 1. The second-order valence-electron chi connectivity index (χ2n) is 2.44. The molecule has 2 atom stereocenters. The van der Waals surface area contributed by atoms with Gasteiger partial charge in [0, 0.05) is 0 Å². The molecule has 1 rings (SSSR count). The Labute approximate surface area is 59.0 Å². The van der Waals surface area contributed by atoms with Crippen molar-refractivity contribution in [1.82, 2.24) is 0 Å². The molecule has 56 valence electrons. The lowest BCUT2D eigenvalue weighted by molar-refractivity contribution is -0.143. The van der Waals surface area contributed by atoms with Crippen molar-refractivity contribution in [2.45, 2.75) is 18.9 Å². The Morgan fingerprint density at radius 1 is 1.60 bits per heavy atom. The fourth-order valence-corrected chi connectivity index (χ4v) is 1.06. The number of aliphatic carboxylic acids is 1. The molecule has 1 aliphatic rings. The zero-order chi connectivity index (χ0) is 7.56. The summed E-state index contributed by atoms with van der Waals surface area (Å²) >= 11 is 0. The van der Waals surface area contributed by atoms with Crippen LogP contribution in [0.2, 0.25) is 0 Å². The van der Waals surface area contributed by atoms with E-state index in [-0.39, 0.29) is 0 Å². The summed E-state index contributed by atoms with van der Waals surface area (Å²) in [4.78, 5) is 10.4. The van der Waals surface area contributed by atoms with E-state index in [4.69, 9.17) is 10.2 Å². The summed E-state index contributed by atoms with van der Waals surface area (Å²) in [6.07, 6.45) is 4.00. The van der Waals surface area contributed by atoms with Crippen LogP contribution in [0.5, 0.6) is 0 Å². The molecule has 3 nitrogen and oxygen atoms in total. The van der Waals surface area contributed by atoms with Crippen LogP contribution >= 0.6 is 0 Å². The predicted molar refractivity (Wildman–Crippen MR) is 35.5 cm³/mol. The van der Waals surface area contributed by atoms with Gasteiger partial charge in [0.1, 0.15) is 5.92 Å². The zero-order valence-corrected chi connectivity index (χ0v) is 5.53. The van der Waals surface area contributed by atoms with E-state index in [0.717, 1.165) is 6.42 Å². The fourth-order valence-electron chi connectivity index (χ4n) is 1.06. The van der Waals surface area contributed by atoms with Gasteiger partial charge >= 0.3 is 5.97 Å². The summed E-state index contributed by atoms with van der Waals surface area (Å²) in [5.41, 5.74) is 0. The zero-order valence-electron chi connectivity index (χ0n) is 5.53. The van der Waals surface area contributed by atoms with Crippen LogP contribution in [0.25, 0.3) is 0 Å². The monoisotopic (exact) mass is 142 g/mol. The SMILES string of the molecule is O=C(O)[C@H]1C=CCC[C@H]1O. The average Bonchev–Trinajstić information content (AvgIpc) is 1.88. The van der Waals surface area contributed by atoms with E-state index in [1.807, 2.05) is 0 Å². The quantitative estimate of drug-likeness (QED) is 0.521. The molecule has 0 amide bonds. The highest BCUT2D eigenvalue weighted by Crippen LogP contribution is 2.17. The van der Waals surface area contributed by atoms with E-state index in [0.29, 0.717) is 6.42 Å². The molecule has 0 aromatic rings. The lowest BCUT2D eigenvalue weighted by Crippen LogP contribution is -2.28. The molecule has 0 spiro atoms. The minimum atomic E-state index is -0.941. The molecule has 0 radical (unpaired) electrons. The first-order valence-corrected chi connectivity index (χ1v) is 3.29. The Hall–Kier alpha value is -0.830. The number of carboxylic acid groups (broad SMARTS) is 1. The minimum absolute atomic E-state index is 0.563. The Morgan fingerprint density at radius 3 is 2.70 bits per heavy atom. The van der Waals surface area contributed by atoms with Gasteiger partial charge in [0.05, 0.1) is 6.10 Å². The summed E-state index contributed by atoms with van der Waals surface area (Å²) in [6.45, 7) is 0. The summed E-state index contributed by atoms with van der Waals surface area (Å²) in [5, 5.41) is 17.6. The average molecular weight is 142 g/mol. The van der Waals surface area contributed by atoms with Crippen molar-refractivity contribution in [3.8, 4) is 0 Å². The molecule has 2 N–H and O–H groups in total. The summed E-state index contributed by atoms with van der Waals surface area (Å²) < 4.78 is 0. The molecule has 0 heterocycles. The Kier molecular flexibility index (Phi) is 2.06. The van der Waals surface area contributed by atoms with Gasteiger partial charge in [0.25, 0.3) is 0 Å². The topological polar surface area (TPSA) is 57.5 Å². The van der Waals surface area contributed by atoms with Crippen LogP contribution in [0.3, 0.4) is 0 Å². The molecule has 0 aliphatic heterocycles. The van der Waals surface area contributed by atoms with Crippen molar-refractivity contribution >= 4 is 5.97 Å². The fraction of sp³-hybridized carbons (Fsp3) is 0.571. The Morgan fingerprint density at radius 2 is 2.30 bits per heavy atom. The molecule has 10 heavy (non-hydrogen) atoms. The van der Waals surface area contributed by atoms with E-state index in [1.54, 1.807) is 12.2 Å². The number of hydrogen-bond acceptors (Lipinski definition) is 2. The molecular weight excluding hydrogens is 132 g/mol. The molecule has 0 saturated carbocycles. The molecule has 0 saturated heterocycles. The van der Waals surface area contributed by atoms with Crippen LogP contribution in [0.1, 0.15) is 12.8 Å². The first-order chi connectivity index (χ1) is 4.72. The van der Waals surface area contributed by atoms with E-state index < -0.39 is 18.0 Å². The van der Waals surface area contributed by atoms with Crippen LogP contribution in [-0.2, 0) is 4.79 Å². The molecule has 1 aliphatic carbocycles. The molecule has 0 aromatic heterocycles. The van der Waals surface area contributed by atoms with E-state index in [9.17, 15) is 4.79 Å². The summed E-state index contributed by atoms with van der Waals surface area (Å²) in [6, 6.07) is 0. The summed E-state index contributed by atoms with van der Waals surface area (Å²) in [5.74, 6) is -1.63. The third-order valence-electron chi connectivity index (χ3n) is 1.67. The van der Waals surface area contributed by atoms with Crippen molar-refractivity contribution in [3.05, 3.63) is 12.2 Å². The van der Waals surface area contributed by atoms with Gasteiger partial charge in [-0.25, -0.2) is 0 Å². The molecular formula is C7H10O3. The van der Waals surface area contributed by atoms with Gasteiger partial charge in [-0.1, -0.05) is 12.2 Å². The van der Waals surface area contributed by atoms with Crippen molar-refractivity contribution in [1.29, 1.82) is 0 Å². The molecule has 0 bridgehead atoms. The minimum Gasteiger partial charge on any atom is -0.481 e. The second kappa shape index (κ2) is 2.84. The van der Waals surface area contributed by atoms with Gasteiger partial charge in [0.2, 0.25) is 0 Å². The third kappa shape index (κ3) is 1.36. The van der Waals surface area contributed by atoms with Gasteiger partial charge in [-0.2, -0.15) is 0 Å². The van der Waals surface area contributed by atoms with Crippen molar-refractivity contribution in [2.75, 3.05) is 0 Å². The van der Waals surface area contributed by atoms with Crippen LogP contribution in [0, 0.1) is 5.92 Å². The van der Waals surface area contributed by atoms with Gasteiger partial charge in [0.15, 0.2) is 0 Å². The molecule has 3 heteroatoms. The Balaban J connectivity index is 2.64. The van der Waals surface area contributed by atoms with Crippen molar-refractivity contribution in [2.24, 2.45) is 5.92 Å². The van der Waals surface area contributed by atoms with Gasteiger partial charge in [-0.05, 0) is 12.8 Å². The van der Waals surface area contributed by atoms with Gasteiger partial charge < -0.3 is 10.2 Å². The number of carboxylic acids is 1. The standard InChI is InChI=1S/C7H10O3/c8-6-4-2-1-3-5(6)7(9)10/h1,3,5-6,8H,2,4H2,(H,9,10)/t5-,6+/m0/s1. The number of aliphatic hydroxyl groups is 1. The lowest BCUT2D eigenvalue weighted by Gasteiger charge is -2.18. The highest BCUT2D eigenvalue weighted by molar-refractivity contribution is 5.73. The molecule has 0 fully saturated rings. The number of carbonyl (C=O) groups is 1. The Bertz CT molecular complexity index is 162. The first kappa shape index (κ1) is 7.28. The molecule has 0 unspecified atom stereocenters. The predicted octanol–water partition coefficient (Wildman–Crippen LogP) is 0.398. The van der Waals surface area contributed by atoms with Crippen LogP contribution in [0.4, 0.5) is 0 Å². The van der Waals surface area contributed by atoms with Crippen molar-refractivity contribution < 1.29 is 15.0 Å². The number of hydrogen-bond donors (Lipinski definition) is 2. The van der Waals surface area contributed by atoms with Crippen LogP contribution in [0.15, 0.2) is 12.2 Å². The third-order valence-corrected chi connectivity index (χ3v) is 1.67. The number of aliphatic hydroxyl groups excluding tert-OH is 1. The van der Waals surface area contributed by atoms with Crippen LogP contribution in [-0.4, -0.2) is 22.3 Å². The largest absolute Gasteiger partial charge is 0.481 e. The van der Waals surface area contributed by atoms with Gasteiger partial charge in [-0.15, -0.1) is 0 Å². The first-order valence-electron chi connectivity index (χ1n) is 3.29. The second-order valence-corrected chi connectivity index (χ2v) is 2.44. The molecule has 0 aromatic carbocycles. The highest BCUT2D eigenvalue weighted by atomic mass is 16.4. The van der Waals surface area contributed by atoms with E-state index in [1.165, 1.54) is 0 Å². The smallest absolute Gasteiger partial charge is 0.312 e. The maximum absolute atomic E-state index is 10.4. The maximum Gasteiger partial charge on any atom is 0.312 e. The lowest BCUT2D eigenvalue weighted by atomic mass is 9.93. The highest BCUT2D eigenvalue weighted by Gasteiger charge is 2.24.